The molecule has 0 heterocycles. The molecule has 0 aliphatic heterocycles. The van der Waals surface area contributed by atoms with Gasteiger partial charge in [0.25, 0.3) is 0 Å². The van der Waals surface area contributed by atoms with Gasteiger partial charge in [0.15, 0.2) is 6.04 Å². The molecular weight excluding hydrogens is 616 g/mol. The number of esters is 1. The van der Waals surface area contributed by atoms with Gasteiger partial charge in [0.2, 0.25) is 0 Å². The van der Waals surface area contributed by atoms with Gasteiger partial charge in [-0.05, 0) is 88.4 Å². The summed E-state index contributed by atoms with van der Waals surface area (Å²) in [4.78, 5) is 51.1. The first-order chi connectivity index (χ1) is 22.5. The smallest absolute Gasteiger partial charge is 0.408 e. The number of benzene rings is 3. The monoisotopic (exact) mass is 660 g/mol. The van der Waals surface area contributed by atoms with Gasteiger partial charge in [-0.15, -0.1) is 0 Å². The van der Waals surface area contributed by atoms with E-state index in [0.717, 1.165) is 22.3 Å². The fourth-order valence-electron chi connectivity index (χ4n) is 5.41. The highest BCUT2D eigenvalue weighted by atomic mass is 16.6. The number of nitrogens with one attached hydrogen (secondary N) is 2. The maximum Gasteiger partial charge on any atom is 0.408 e. The van der Waals surface area contributed by atoms with E-state index < -0.39 is 53.5 Å². The number of hydrogen-bond acceptors (Lipinski definition) is 8. The highest BCUT2D eigenvalue weighted by molar-refractivity contribution is 5.84. The Morgan fingerprint density at radius 3 is 1.85 bits per heavy atom. The molecule has 0 aromatic heterocycles. The van der Waals surface area contributed by atoms with Crippen LogP contribution in [0.1, 0.15) is 71.1 Å². The van der Waals surface area contributed by atoms with Crippen molar-refractivity contribution in [1.29, 1.82) is 0 Å². The molecule has 48 heavy (non-hydrogen) atoms. The molecule has 3 N–H and O–H groups in total. The van der Waals surface area contributed by atoms with Crippen molar-refractivity contribution < 1.29 is 43.2 Å². The second-order valence-electron chi connectivity index (χ2n) is 13.7. The average Bonchev–Trinajstić information content (AvgIpc) is 3.31. The second-order valence-corrected chi connectivity index (χ2v) is 13.7. The molecule has 256 valence electrons. The minimum Gasteiger partial charge on any atom is -0.488 e. The van der Waals surface area contributed by atoms with Crippen molar-refractivity contribution in [3.8, 4) is 16.9 Å². The van der Waals surface area contributed by atoms with Crippen molar-refractivity contribution in [2.24, 2.45) is 0 Å². The number of hydrogen-bond donors (Lipinski definition) is 3. The van der Waals surface area contributed by atoms with Crippen LogP contribution in [-0.4, -0.2) is 65.2 Å². The summed E-state index contributed by atoms with van der Waals surface area (Å²) in [5, 5.41) is 14.6. The third-order valence-electron chi connectivity index (χ3n) is 7.42. The van der Waals surface area contributed by atoms with Gasteiger partial charge in [-0.3, -0.25) is 0 Å². The molecule has 0 unspecified atom stereocenters. The van der Waals surface area contributed by atoms with Crippen molar-refractivity contribution in [2.75, 3.05) is 6.61 Å². The van der Waals surface area contributed by atoms with Gasteiger partial charge >= 0.3 is 24.1 Å². The van der Waals surface area contributed by atoms with Crippen LogP contribution in [0, 0.1) is 0 Å². The summed E-state index contributed by atoms with van der Waals surface area (Å²) >= 11 is 0. The highest BCUT2D eigenvalue weighted by Crippen LogP contribution is 2.44. The molecule has 2 amide bonds. The Balaban J connectivity index is 1.49. The summed E-state index contributed by atoms with van der Waals surface area (Å²) < 4.78 is 22.2. The van der Waals surface area contributed by atoms with Gasteiger partial charge in [0.1, 0.15) is 35.7 Å². The molecule has 0 fully saturated rings. The molecule has 0 saturated carbocycles. The lowest BCUT2D eigenvalue weighted by Crippen LogP contribution is -2.52. The number of alkyl carbamates (subject to hydrolysis) is 2. The number of ether oxygens (including phenoxy) is 4. The quantitative estimate of drug-likeness (QED) is 0.161. The number of amides is 2. The summed E-state index contributed by atoms with van der Waals surface area (Å²) in [6.07, 6.45) is -3.15. The minimum absolute atomic E-state index is 0.00276. The van der Waals surface area contributed by atoms with Crippen LogP contribution in [0.25, 0.3) is 11.1 Å². The molecule has 11 heteroatoms. The largest absolute Gasteiger partial charge is 0.488 e. The molecule has 0 spiro atoms. The van der Waals surface area contributed by atoms with Crippen LogP contribution >= 0.6 is 0 Å². The van der Waals surface area contributed by atoms with Gasteiger partial charge in [0, 0.05) is 12.3 Å². The van der Waals surface area contributed by atoms with E-state index in [1.165, 1.54) is 6.92 Å². The van der Waals surface area contributed by atoms with Crippen LogP contribution in [0.5, 0.6) is 5.75 Å². The minimum atomic E-state index is -1.62. The normalized spacial score (nSPS) is 14.4. The number of carbonyl (C=O) groups is 4. The molecule has 0 radical (unpaired) electrons. The Labute approximate surface area is 280 Å². The standard InChI is InChI=1S/C37H44N2O9/c1-22(31(32(40)41)39-35(44)48-37(5,6)7)46-33(42)30(20-23-16-18-24(19-17-23)47-36(2,3)4)38-34(43)45-21-29-27-14-10-8-12-25(27)26-13-9-11-15-28(26)29/h8-19,22,29-31H,20-21H2,1-7H3,(H,38,43)(H,39,44)(H,40,41)/t22-,30+,31+/m1/s1. The topological polar surface area (TPSA) is 149 Å². The molecule has 4 rings (SSSR count). The molecule has 3 atom stereocenters. The molecule has 3 aromatic rings. The zero-order valence-electron chi connectivity index (χ0n) is 28.4. The number of rotatable bonds is 11. The van der Waals surface area contributed by atoms with Crippen molar-refractivity contribution in [2.45, 2.75) is 90.2 Å². The predicted molar refractivity (Wildman–Crippen MR) is 179 cm³/mol. The lowest BCUT2D eigenvalue weighted by molar-refractivity contribution is -0.156. The van der Waals surface area contributed by atoms with Crippen molar-refractivity contribution >= 4 is 24.1 Å². The summed E-state index contributed by atoms with van der Waals surface area (Å²) in [6.45, 7) is 12.0. The summed E-state index contributed by atoms with van der Waals surface area (Å²) in [6, 6.07) is 20.0. The Kier molecular flexibility index (Phi) is 11.0. The van der Waals surface area contributed by atoms with Gasteiger partial charge in [-0.2, -0.15) is 0 Å². The Bertz CT molecular complexity index is 1580. The molecule has 3 aromatic carbocycles. The highest BCUT2D eigenvalue weighted by Gasteiger charge is 2.35. The predicted octanol–water partition coefficient (Wildman–Crippen LogP) is 6.22. The zero-order valence-corrected chi connectivity index (χ0v) is 28.4. The lowest BCUT2D eigenvalue weighted by Gasteiger charge is -2.26. The van der Waals surface area contributed by atoms with E-state index in [4.69, 9.17) is 18.9 Å². The van der Waals surface area contributed by atoms with Crippen LogP contribution < -0.4 is 15.4 Å². The van der Waals surface area contributed by atoms with E-state index in [9.17, 15) is 24.3 Å². The molecule has 1 aliphatic rings. The van der Waals surface area contributed by atoms with Gasteiger partial charge in [-0.1, -0.05) is 60.7 Å². The van der Waals surface area contributed by atoms with E-state index in [1.807, 2.05) is 69.3 Å². The first-order valence-corrected chi connectivity index (χ1v) is 15.8. The number of carboxylic acids is 1. The van der Waals surface area contributed by atoms with E-state index >= 15 is 0 Å². The summed E-state index contributed by atoms with van der Waals surface area (Å²) in [7, 11) is 0. The third kappa shape index (κ3) is 9.73. The van der Waals surface area contributed by atoms with Gasteiger partial charge in [0.05, 0.1) is 0 Å². The molecule has 1 aliphatic carbocycles. The van der Waals surface area contributed by atoms with Crippen LogP contribution in [0.3, 0.4) is 0 Å². The number of carbonyl (C=O) groups excluding carboxylic acids is 3. The fraction of sp³-hybridized carbons (Fsp3) is 0.405. The number of carboxylic acid groups (broad SMARTS) is 1. The number of aliphatic carboxylic acids is 1. The van der Waals surface area contributed by atoms with Crippen LogP contribution in [0.15, 0.2) is 72.8 Å². The van der Waals surface area contributed by atoms with Gasteiger partial charge < -0.3 is 34.7 Å². The van der Waals surface area contributed by atoms with E-state index in [0.29, 0.717) is 11.3 Å². The Morgan fingerprint density at radius 1 is 0.771 bits per heavy atom. The first-order valence-electron chi connectivity index (χ1n) is 15.8. The van der Waals surface area contributed by atoms with Gasteiger partial charge in [-0.25, -0.2) is 19.2 Å². The third-order valence-corrected chi connectivity index (χ3v) is 7.42. The summed E-state index contributed by atoms with van der Waals surface area (Å²) in [5.41, 5.74) is 3.60. The lowest BCUT2D eigenvalue weighted by atomic mass is 9.98. The maximum absolute atomic E-state index is 13.5. The fourth-order valence-corrected chi connectivity index (χ4v) is 5.41. The Hall–Kier alpha value is -5.06. The van der Waals surface area contributed by atoms with Crippen molar-refractivity contribution in [3.63, 3.8) is 0 Å². The zero-order chi connectivity index (χ0) is 35.2. The average molecular weight is 661 g/mol. The van der Waals surface area contributed by atoms with E-state index in [1.54, 1.807) is 45.0 Å². The molecular formula is C37H44N2O9. The molecule has 0 saturated heterocycles. The second kappa shape index (κ2) is 14.8. The molecule has 0 bridgehead atoms. The molecule has 11 nitrogen and oxygen atoms in total. The van der Waals surface area contributed by atoms with Crippen molar-refractivity contribution in [1.82, 2.24) is 10.6 Å². The van der Waals surface area contributed by atoms with E-state index in [-0.39, 0.29) is 18.9 Å². The van der Waals surface area contributed by atoms with Crippen LogP contribution in [0.2, 0.25) is 0 Å². The SMILES string of the molecule is C[C@@H](OC(=O)[C@H](Cc1ccc(OC(C)(C)C)cc1)NC(=O)OCC1c2ccccc2-c2ccccc21)[C@H](NC(=O)OC(C)(C)C)C(=O)O. The summed E-state index contributed by atoms with van der Waals surface area (Å²) in [5.74, 6) is -1.92. The van der Waals surface area contributed by atoms with Crippen LogP contribution in [-0.2, 0) is 30.2 Å². The van der Waals surface area contributed by atoms with E-state index in [2.05, 4.69) is 10.6 Å². The van der Waals surface area contributed by atoms with Crippen LogP contribution in [0.4, 0.5) is 9.59 Å². The Morgan fingerprint density at radius 2 is 1.33 bits per heavy atom. The first kappa shape index (κ1) is 35.8. The van der Waals surface area contributed by atoms with Crippen molar-refractivity contribution in [3.05, 3.63) is 89.5 Å². The number of fused-ring (bicyclic) bond motifs is 3. The maximum atomic E-state index is 13.5.